The van der Waals surface area contributed by atoms with Crippen LogP contribution in [0.15, 0.2) is 35.1 Å². The molecule has 1 saturated heterocycles. The van der Waals surface area contributed by atoms with Crippen LogP contribution in [0.4, 0.5) is 0 Å². The number of rotatable bonds is 7. The molecule has 29 heavy (non-hydrogen) atoms. The molecule has 0 radical (unpaired) electrons. The molecule has 1 aromatic heterocycles. The maximum Gasteiger partial charge on any atom is 0.271 e. The van der Waals surface area contributed by atoms with Crippen molar-refractivity contribution in [2.24, 2.45) is 7.05 Å². The van der Waals surface area contributed by atoms with Gasteiger partial charge in [-0.05, 0) is 23.8 Å². The van der Waals surface area contributed by atoms with Crippen LogP contribution in [0.5, 0.6) is 11.5 Å². The van der Waals surface area contributed by atoms with Crippen molar-refractivity contribution in [2.75, 3.05) is 47.1 Å². The average molecular weight is 402 g/mol. The van der Waals surface area contributed by atoms with E-state index in [9.17, 15) is 9.59 Å². The Morgan fingerprint density at radius 2 is 1.90 bits per heavy atom. The molecule has 3 rings (SSSR count). The number of nitrogens with one attached hydrogen (secondary N) is 1. The molecule has 1 aliphatic heterocycles. The zero-order chi connectivity index (χ0) is 20.8. The van der Waals surface area contributed by atoms with Crippen LogP contribution in [0.1, 0.15) is 22.1 Å². The highest BCUT2D eigenvalue weighted by molar-refractivity contribution is 5.92. The lowest BCUT2D eigenvalue weighted by Crippen LogP contribution is -2.44. The van der Waals surface area contributed by atoms with Gasteiger partial charge in [0.2, 0.25) is 0 Å². The summed E-state index contributed by atoms with van der Waals surface area (Å²) in [5, 5.41) is 6.94. The first-order chi connectivity index (χ1) is 14.0. The topological polar surface area (TPSA) is 94.9 Å². The second-order valence-corrected chi connectivity index (χ2v) is 6.67. The Morgan fingerprint density at radius 1 is 1.17 bits per heavy atom. The third-order valence-electron chi connectivity index (χ3n) is 4.93. The molecular weight excluding hydrogens is 376 g/mol. The zero-order valence-electron chi connectivity index (χ0n) is 16.9. The van der Waals surface area contributed by atoms with Crippen LogP contribution >= 0.6 is 0 Å². The lowest BCUT2D eigenvalue weighted by atomic mass is 10.0. The largest absolute Gasteiger partial charge is 0.493 e. The molecule has 2 heterocycles. The maximum absolute atomic E-state index is 12.6. The smallest absolute Gasteiger partial charge is 0.271 e. The van der Waals surface area contributed by atoms with Gasteiger partial charge in [-0.3, -0.25) is 14.5 Å². The van der Waals surface area contributed by atoms with Gasteiger partial charge in [0.05, 0.1) is 33.5 Å². The fraction of sp³-hybridized carbons (Fsp3) is 0.450. The van der Waals surface area contributed by atoms with Gasteiger partial charge in [-0.25, -0.2) is 4.68 Å². The Balaban J connectivity index is 1.81. The zero-order valence-corrected chi connectivity index (χ0v) is 16.9. The van der Waals surface area contributed by atoms with Crippen LogP contribution in [0.2, 0.25) is 0 Å². The average Bonchev–Trinajstić information content (AvgIpc) is 2.76. The lowest BCUT2D eigenvalue weighted by Gasteiger charge is -2.35. The van der Waals surface area contributed by atoms with Crippen LogP contribution in [-0.4, -0.2) is 67.7 Å². The van der Waals surface area contributed by atoms with E-state index in [1.807, 2.05) is 18.2 Å². The number of benzene rings is 1. The summed E-state index contributed by atoms with van der Waals surface area (Å²) >= 11 is 0. The van der Waals surface area contributed by atoms with E-state index >= 15 is 0 Å². The quantitative estimate of drug-likeness (QED) is 0.725. The Kier molecular flexibility index (Phi) is 6.84. The molecule has 0 saturated carbocycles. The van der Waals surface area contributed by atoms with Gasteiger partial charge >= 0.3 is 0 Å². The van der Waals surface area contributed by atoms with Crippen LogP contribution in [0, 0.1) is 0 Å². The number of hydrogen-bond donors (Lipinski definition) is 1. The van der Waals surface area contributed by atoms with Gasteiger partial charge in [0, 0.05) is 32.7 Å². The molecule has 1 fully saturated rings. The van der Waals surface area contributed by atoms with E-state index in [4.69, 9.17) is 14.2 Å². The predicted octanol–water partition coefficient (Wildman–Crippen LogP) is 0.601. The third-order valence-corrected chi connectivity index (χ3v) is 4.93. The van der Waals surface area contributed by atoms with Crippen LogP contribution in [0.25, 0.3) is 0 Å². The molecule has 1 aromatic carbocycles. The first kappa shape index (κ1) is 20.8. The molecule has 1 atom stereocenters. The van der Waals surface area contributed by atoms with Crippen molar-refractivity contribution in [2.45, 2.75) is 6.04 Å². The summed E-state index contributed by atoms with van der Waals surface area (Å²) < 4.78 is 17.4. The Bertz CT molecular complexity index is 908. The summed E-state index contributed by atoms with van der Waals surface area (Å²) in [5.74, 6) is 0.948. The molecule has 9 nitrogen and oxygen atoms in total. The minimum Gasteiger partial charge on any atom is -0.493 e. The standard InChI is InChI=1S/C20H26N4O5/c1-23-19(25)7-5-15(22-23)20(26)21-13-16(24-8-10-29-11-9-24)14-4-6-17(27-2)18(12-14)28-3/h4-7,12,16H,8-11,13H2,1-3H3,(H,21,26). The summed E-state index contributed by atoms with van der Waals surface area (Å²) in [5.41, 5.74) is 0.927. The number of hydrogen-bond acceptors (Lipinski definition) is 7. The Morgan fingerprint density at radius 3 is 2.55 bits per heavy atom. The van der Waals surface area contributed by atoms with Crippen molar-refractivity contribution in [1.82, 2.24) is 20.0 Å². The molecule has 156 valence electrons. The number of carbonyl (C=O) groups is 1. The number of amides is 1. The molecule has 2 aromatic rings. The summed E-state index contributed by atoms with van der Waals surface area (Å²) in [7, 11) is 4.70. The molecule has 0 bridgehead atoms. The normalized spacial score (nSPS) is 15.6. The van der Waals surface area contributed by atoms with Crippen molar-refractivity contribution >= 4 is 5.91 Å². The van der Waals surface area contributed by atoms with E-state index in [1.54, 1.807) is 14.2 Å². The monoisotopic (exact) mass is 402 g/mol. The van der Waals surface area contributed by atoms with Crippen molar-refractivity contribution in [3.8, 4) is 11.5 Å². The number of nitrogens with zero attached hydrogens (tertiary/aromatic N) is 3. The minimum absolute atomic E-state index is 0.0739. The van der Waals surface area contributed by atoms with Crippen molar-refractivity contribution in [1.29, 1.82) is 0 Å². The van der Waals surface area contributed by atoms with E-state index in [0.717, 1.165) is 23.3 Å². The fourth-order valence-electron chi connectivity index (χ4n) is 3.31. The molecule has 1 N–H and O–H groups in total. The fourth-order valence-corrected chi connectivity index (χ4v) is 3.31. The Labute approximate surface area is 169 Å². The minimum atomic E-state index is -0.334. The van der Waals surface area contributed by atoms with Gasteiger partial charge in [-0.1, -0.05) is 6.07 Å². The molecule has 9 heteroatoms. The van der Waals surface area contributed by atoms with Crippen LogP contribution in [-0.2, 0) is 11.8 Å². The van der Waals surface area contributed by atoms with Gasteiger partial charge < -0.3 is 19.5 Å². The summed E-state index contributed by atoms with van der Waals surface area (Å²) in [6.07, 6.45) is 0. The summed E-state index contributed by atoms with van der Waals surface area (Å²) in [6, 6.07) is 8.44. The van der Waals surface area contributed by atoms with Gasteiger partial charge in [0.1, 0.15) is 5.69 Å². The molecule has 0 aliphatic carbocycles. The number of aromatic nitrogens is 2. The predicted molar refractivity (Wildman–Crippen MR) is 106 cm³/mol. The maximum atomic E-state index is 12.6. The van der Waals surface area contributed by atoms with Gasteiger partial charge in [-0.2, -0.15) is 5.10 Å². The number of morpholine rings is 1. The number of carbonyl (C=O) groups excluding carboxylic acids is 1. The van der Waals surface area contributed by atoms with Crippen molar-refractivity contribution in [3.05, 3.63) is 51.9 Å². The van der Waals surface area contributed by atoms with E-state index in [2.05, 4.69) is 15.3 Å². The Hall–Kier alpha value is -2.91. The van der Waals surface area contributed by atoms with Crippen molar-refractivity contribution in [3.63, 3.8) is 0 Å². The molecular formula is C20H26N4O5. The van der Waals surface area contributed by atoms with Crippen LogP contribution in [0.3, 0.4) is 0 Å². The van der Waals surface area contributed by atoms with Crippen molar-refractivity contribution < 1.29 is 19.0 Å². The lowest BCUT2D eigenvalue weighted by molar-refractivity contribution is 0.0161. The third kappa shape index (κ3) is 4.93. The molecule has 1 aliphatic rings. The summed E-state index contributed by atoms with van der Waals surface area (Å²) in [6.45, 7) is 3.17. The second-order valence-electron chi connectivity index (χ2n) is 6.67. The number of methoxy groups -OCH3 is 2. The molecule has 1 unspecified atom stereocenters. The highest BCUT2D eigenvalue weighted by Crippen LogP contribution is 2.32. The van der Waals surface area contributed by atoms with E-state index in [-0.39, 0.29) is 23.2 Å². The van der Waals surface area contributed by atoms with E-state index < -0.39 is 0 Å². The SMILES string of the molecule is COc1ccc(C(CNC(=O)c2ccc(=O)n(C)n2)N2CCOCC2)cc1OC. The first-order valence-electron chi connectivity index (χ1n) is 9.39. The van der Waals surface area contributed by atoms with Gasteiger partial charge in [-0.15, -0.1) is 0 Å². The highest BCUT2D eigenvalue weighted by atomic mass is 16.5. The van der Waals surface area contributed by atoms with Gasteiger partial charge in [0.25, 0.3) is 11.5 Å². The summed E-state index contributed by atoms with van der Waals surface area (Å²) in [4.78, 5) is 26.3. The van der Waals surface area contributed by atoms with E-state index in [1.165, 1.54) is 19.2 Å². The molecule has 0 spiro atoms. The van der Waals surface area contributed by atoms with Crippen LogP contribution < -0.4 is 20.3 Å². The number of ether oxygens (including phenoxy) is 3. The number of aryl methyl sites for hydroxylation is 1. The second kappa shape index (κ2) is 9.53. The highest BCUT2D eigenvalue weighted by Gasteiger charge is 2.25. The molecule has 1 amide bonds. The van der Waals surface area contributed by atoms with Gasteiger partial charge in [0.15, 0.2) is 11.5 Å². The van der Waals surface area contributed by atoms with E-state index in [0.29, 0.717) is 31.3 Å². The first-order valence-corrected chi connectivity index (χ1v) is 9.39.